The monoisotopic (exact) mass is 333 g/mol. The number of nitrogens with one attached hydrogen (secondary N) is 1. The molecular weight excluding hydrogens is 313 g/mol. The SMILES string of the molecule is CCC(CC)(CO)CNC(=O)COc1ccc(Cl)cc1Cl. The van der Waals surface area contributed by atoms with Crippen LogP contribution in [-0.2, 0) is 4.79 Å². The van der Waals surface area contributed by atoms with Gasteiger partial charge in [0.1, 0.15) is 5.75 Å². The highest BCUT2D eigenvalue weighted by Crippen LogP contribution is 2.27. The van der Waals surface area contributed by atoms with Gasteiger partial charge in [-0.1, -0.05) is 37.0 Å². The summed E-state index contributed by atoms with van der Waals surface area (Å²) >= 11 is 11.7. The van der Waals surface area contributed by atoms with Crippen LogP contribution in [0.4, 0.5) is 0 Å². The van der Waals surface area contributed by atoms with E-state index in [4.69, 9.17) is 27.9 Å². The topological polar surface area (TPSA) is 58.6 Å². The normalized spacial score (nSPS) is 11.3. The van der Waals surface area contributed by atoms with Gasteiger partial charge in [0.2, 0.25) is 0 Å². The van der Waals surface area contributed by atoms with Crippen molar-refractivity contribution in [1.29, 1.82) is 0 Å². The van der Waals surface area contributed by atoms with Crippen molar-refractivity contribution in [2.45, 2.75) is 26.7 Å². The zero-order valence-electron chi connectivity index (χ0n) is 12.3. The van der Waals surface area contributed by atoms with Crippen LogP contribution in [-0.4, -0.2) is 30.8 Å². The average Bonchev–Trinajstić information content (AvgIpc) is 2.48. The minimum atomic E-state index is -0.270. The zero-order valence-corrected chi connectivity index (χ0v) is 13.8. The second-order valence-electron chi connectivity index (χ2n) is 5.01. The highest BCUT2D eigenvalue weighted by molar-refractivity contribution is 6.35. The largest absolute Gasteiger partial charge is 0.482 e. The van der Waals surface area contributed by atoms with Crippen molar-refractivity contribution in [3.63, 3.8) is 0 Å². The molecule has 0 unspecified atom stereocenters. The Bertz CT molecular complexity index is 468. The smallest absolute Gasteiger partial charge is 0.257 e. The summed E-state index contributed by atoms with van der Waals surface area (Å²) in [5.41, 5.74) is -0.270. The summed E-state index contributed by atoms with van der Waals surface area (Å²) in [6, 6.07) is 4.82. The second-order valence-corrected chi connectivity index (χ2v) is 5.85. The Morgan fingerprint density at radius 3 is 2.52 bits per heavy atom. The molecule has 0 heterocycles. The first-order valence-corrected chi connectivity index (χ1v) is 7.67. The fourth-order valence-corrected chi connectivity index (χ4v) is 2.32. The molecule has 118 valence electrons. The van der Waals surface area contributed by atoms with E-state index in [1.165, 1.54) is 0 Å². The lowest BCUT2D eigenvalue weighted by molar-refractivity contribution is -0.123. The summed E-state index contributed by atoms with van der Waals surface area (Å²) in [6.07, 6.45) is 1.59. The molecule has 0 saturated carbocycles. The Kier molecular flexibility index (Phi) is 7.29. The van der Waals surface area contributed by atoms with E-state index in [-0.39, 0.29) is 24.5 Å². The molecule has 0 aromatic heterocycles. The van der Waals surface area contributed by atoms with E-state index < -0.39 is 0 Å². The number of amides is 1. The summed E-state index contributed by atoms with van der Waals surface area (Å²) in [5, 5.41) is 13.1. The van der Waals surface area contributed by atoms with Crippen molar-refractivity contribution in [1.82, 2.24) is 5.32 Å². The molecule has 6 heteroatoms. The van der Waals surface area contributed by atoms with E-state index in [2.05, 4.69) is 5.32 Å². The molecular formula is C15H21Cl2NO3. The van der Waals surface area contributed by atoms with Crippen molar-refractivity contribution in [3.05, 3.63) is 28.2 Å². The molecule has 1 aromatic carbocycles. The maximum absolute atomic E-state index is 11.8. The quantitative estimate of drug-likeness (QED) is 0.767. The number of aliphatic hydroxyl groups excluding tert-OH is 1. The van der Waals surface area contributed by atoms with Gasteiger partial charge in [-0.15, -0.1) is 0 Å². The Hall–Kier alpha value is -0.970. The third kappa shape index (κ3) is 5.38. The number of hydrogen-bond acceptors (Lipinski definition) is 3. The van der Waals surface area contributed by atoms with Crippen LogP contribution in [0.2, 0.25) is 10.0 Å². The van der Waals surface area contributed by atoms with Crippen molar-refractivity contribution in [2.75, 3.05) is 19.8 Å². The zero-order chi connectivity index (χ0) is 15.9. The maximum atomic E-state index is 11.8. The van der Waals surface area contributed by atoms with Crippen molar-refractivity contribution in [3.8, 4) is 5.75 Å². The van der Waals surface area contributed by atoms with Gasteiger partial charge in [-0.3, -0.25) is 4.79 Å². The van der Waals surface area contributed by atoms with Gasteiger partial charge < -0.3 is 15.2 Å². The number of rotatable bonds is 8. The molecule has 0 saturated heterocycles. The molecule has 1 rings (SSSR count). The summed E-state index contributed by atoms with van der Waals surface area (Å²) in [5.74, 6) is 0.163. The molecule has 1 aromatic rings. The minimum Gasteiger partial charge on any atom is -0.482 e. The first-order valence-electron chi connectivity index (χ1n) is 6.91. The predicted molar refractivity (Wildman–Crippen MR) is 85.1 cm³/mol. The summed E-state index contributed by atoms with van der Waals surface area (Å²) in [7, 11) is 0. The van der Waals surface area contributed by atoms with Gasteiger partial charge in [-0.2, -0.15) is 0 Å². The Balaban J connectivity index is 2.47. The Morgan fingerprint density at radius 2 is 2.00 bits per heavy atom. The fourth-order valence-electron chi connectivity index (χ4n) is 1.85. The van der Waals surface area contributed by atoms with Crippen molar-refractivity contribution < 1.29 is 14.6 Å². The third-order valence-electron chi connectivity index (χ3n) is 3.75. The van der Waals surface area contributed by atoms with Gasteiger partial charge in [-0.05, 0) is 31.0 Å². The fraction of sp³-hybridized carbons (Fsp3) is 0.533. The molecule has 21 heavy (non-hydrogen) atoms. The van der Waals surface area contributed by atoms with Crippen LogP contribution < -0.4 is 10.1 Å². The van der Waals surface area contributed by atoms with Crippen LogP contribution in [0, 0.1) is 5.41 Å². The predicted octanol–water partition coefficient (Wildman–Crippen LogP) is 3.29. The molecule has 0 atom stereocenters. The van der Waals surface area contributed by atoms with E-state index >= 15 is 0 Å². The van der Waals surface area contributed by atoms with Crippen LogP contribution in [0.25, 0.3) is 0 Å². The Labute approximate surface area is 135 Å². The van der Waals surface area contributed by atoms with E-state index in [1.807, 2.05) is 13.8 Å². The highest BCUT2D eigenvalue weighted by atomic mass is 35.5. The van der Waals surface area contributed by atoms with Gasteiger partial charge in [0.05, 0.1) is 11.6 Å². The minimum absolute atomic E-state index is 0.0458. The van der Waals surface area contributed by atoms with Crippen molar-refractivity contribution >= 4 is 29.1 Å². The van der Waals surface area contributed by atoms with E-state index in [0.717, 1.165) is 12.8 Å². The summed E-state index contributed by atoms with van der Waals surface area (Å²) < 4.78 is 5.35. The van der Waals surface area contributed by atoms with E-state index in [9.17, 15) is 9.90 Å². The highest BCUT2D eigenvalue weighted by Gasteiger charge is 2.25. The van der Waals surface area contributed by atoms with Crippen LogP contribution in [0.1, 0.15) is 26.7 Å². The molecule has 0 aliphatic heterocycles. The number of carbonyl (C=O) groups excluding carboxylic acids is 1. The molecule has 0 aliphatic carbocycles. The number of hydrogen-bond donors (Lipinski definition) is 2. The number of aliphatic hydroxyl groups is 1. The molecule has 4 nitrogen and oxygen atoms in total. The van der Waals surface area contributed by atoms with Crippen LogP contribution >= 0.6 is 23.2 Å². The molecule has 0 bridgehead atoms. The first kappa shape index (κ1) is 18.1. The molecule has 0 radical (unpaired) electrons. The maximum Gasteiger partial charge on any atom is 0.257 e. The Morgan fingerprint density at radius 1 is 1.33 bits per heavy atom. The van der Waals surface area contributed by atoms with Crippen LogP contribution in [0.3, 0.4) is 0 Å². The molecule has 1 amide bonds. The lowest BCUT2D eigenvalue weighted by Gasteiger charge is -2.29. The van der Waals surface area contributed by atoms with Crippen LogP contribution in [0.5, 0.6) is 5.75 Å². The van der Waals surface area contributed by atoms with E-state index in [0.29, 0.717) is 22.3 Å². The standard InChI is InChI=1S/C15H21Cl2NO3/c1-3-15(4-2,10-19)9-18-14(20)8-21-13-6-5-11(16)7-12(13)17/h5-7,19H,3-4,8-10H2,1-2H3,(H,18,20). The summed E-state index contributed by atoms with van der Waals surface area (Å²) in [4.78, 5) is 11.8. The lowest BCUT2D eigenvalue weighted by atomic mass is 9.83. The molecule has 0 spiro atoms. The third-order valence-corrected chi connectivity index (χ3v) is 4.28. The van der Waals surface area contributed by atoms with Gasteiger partial charge in [0, 0.05) is 17.0 Å². The van der Waals surface area contributed by atoms with E-state index in [1.54, 1.807) is 18.2 Å². The average molecular weight is 334 g/mol. The molecule has 0 fully saturated rings. The van der Waals surface area contributed by atoms with Gasteiger partial charge in [0.15, 0.2) is 6.61 Å². The van der Waals surface area contributed by atoms with Crippen LogP contribution in [0.15, 0.2) is 18.2 Å². The molecule has 0 aliphatic rings. The number of benzene rings is 1. The van der Waals surface area contributed by atoms with Gasteiger partial charge >= 0.3 is 0 Å². The second kappa shape index (κ2) is 8.47. The number of ether oxygens (including phenoxy) is 1. The number of halogens is 2. The lowest BCUT2D eigenvalue weighted by Crippen LogP contribution is -2.41. The molecule has 2 N–H and O–H groups in total. The van der Waals surface area contributed by atoms with Crippen molar-refractivity contribution in [2.24, 2.45) is 5.41 Å². The van der Waals surface area contributed by atoms with Gasteiger partial charge in [-0.25, -0.2) is 0 Å². The van der Waals surface area contributed by atoms with Gasteiger partial charge in [0.25, 0.3) is 5.91 Å². The first-order chi connectivity index (χ1) is 9.96. The number of carbonyl (C=O) groups is 1. The summed E-state index contributed by atoms with van der Waals surface area (Å²) in [6.45, 7) is 4.33.